The molecule has 1 unspecified atom stereocenters. The zero-order chi connectivity index (χ0) is 24.2. The van der Waals surface area contributed by atoms with Gasteiger partial charge in [-0.1, -0.05) is 108 Å². The Bertz CT molecular complexity index is 975. The number of benzene rings is 3. The van der Waals surface area contributed by atoms with E-state index in [0.717, 1.165) is 47.8 Å². The number of hydrogen-bond donors (Lipinski definition) is 0. The van der Waals surface area contributed by atoms with E-state index in [9.17, 15) is 4.39 Å². The number of rotatable bonds is 14. The Hall–Kier alpha value is -2.61. The summed E-state index contributed by atoms with van der Waals surface area (Å²) in [5.41, 5.74) is 4.81. The third-order valence-corrected chi connectivity index (χ3v) is 6.80. The zero-order valence-electron chi connectivity index (χ0n) is 21.3. The predicted molar refractivity (Wildman–Crippen MR) is 144 cm³/mol. The number of hydrogen-bond acceptors (Lipinski definition) is 1. The van der Waals surface area contributed by atoms with Crippen LogP contribution < -0.4 is 4.74 Å². The van der Waals surface area contributed by atoms with Crippen LogP contribution in [0.2, 0.25) is 0 Å². The molecule has 0 bridgehead atoms. The summed E-state index contributed by atoms with van der Waals surface area (Å²) in [6.45, 7) is 7.54. The Kier molecular flexibility index (Phi) is 10.7. The number of aryl methyl sites for hydroxylation is 1. The third-order valence-electron chi connectivity index (χ3n) is 6.80. The van der Waals surface area contributed by atoms with Gasteiger partial charge < -0.3 is 4.74 Å². The summed E-state index contributed by atoms with van der Waals surface area (Å²) >= 11 is 0. The molecule has 1 nitrogen and oxygen atoms in total. The summed E-state index contributed by atoms with van der Waals surface area (Å²) < 4.78 is 20.8. The molecule has 0 amide bonds. The maximum absolute atomic E-state index is 15.0. The highest BCUT2D eigenvalue weighted by molar-refractivity contribution is 5.71. The van der Waals surface area contributed by atoms with Gasteiger partial charge in [0.2, 0.25) is 0 Å². The van der Waals surface area contributed by atoms with Crippen molar-refractivity contribution in [3.05, 3.63) is 78.1 Å². The van der Waals surface area contributed by atoms with Crippen molar-refractivity contribution in [1.82, 2.24) is 0 Å². The van der Waals surface area contributed by atoms with Crippen LogP contribution in [0.5, 0.6) is 5.75 Å². The summed E-state index contributed by atoms with van der Waals surface area (Å²) in [7, 11) is 0. The van der Waals surface area contributed by atoms with Gasteiger partial charge in [0.1, 0.15) is 11.6 Å². The molecule has 3 aromatic rings. The molecule has 0 saturated heterocycles. The highest BCUT2D eigenvalue weighted by Gasteiger charge is 2.08. The summed E-state index contributed by atoms with van der Waals surface area (Å²) in [4.78, 5) is 0. The van der Waals surface area contributed by atoms with Crippen LogP contribution >= 0.6 is 0 Å². The van der Waals surface area contributed by atoms with E-state index in [-0.39, 0.29) is 5.82 Å². The standard InChI is InChI=1S/C32H41FO/c1-4-6-7-8-9-23-34-30-20-17-28(18-21-30)31-22-19-29(24-32(31)33)27-15-13-26(14-16-27)12-10-11-25(3)5-2/h13-22,24-25H,4-12,23H2,1-3H3. The summed E-state index contributed by atoms with van der Waals surface area (Å²) in [6.07, 6.45) is 11.0. The van der Waals surface area contributed by atoms with Gasteiger partial charge in [-0.15, -0.1) is 0 Å². The fourth-order valence-electron chi connectivity index (χ4n) is 4.28. The highest BCUT2D eigenvalue weighted by atomic mass is 19.1. The smallest absolute Gasteiger partial charge is 0.131 e. The van der Waals surface area contributed by atoms with Crippen LogP contribution in [-0.2, 0) is 6.42 Å². The lowest BCUT2D eigenvalue weighted by Crippen LogP contribution is -1.97. The van der Waals surface area contributed by atoms with E-state index in [1.54, 1.807) is 6.07 Å². The Morgan fingerprint density at radius 3 is 2.09 bits per heavy atom. The van der Waals surface area contributed by atoms with Gasteiger partial charge in [-0.25, -0.2) is 4.39 Å². The fraction of sp³-hybridized carbons (Fsp3) is 0.438. The molecule has 0 radical (unpaired) electrons. The molecule has 0 heterocycles. The van der Waals surface area contributed by atoms with Crippen molar-refractivity contribution in [2.45, 2.75) is 78.6 Å². The molecular formula is C32H41FO. The highest BCUT2D eigenvalue weighted by Crippen LogP contribution is 2.29. The van der Waals surface area contributed by atoms with Crippen molar-refractivity contribution in [2.24, 2.45) is 5.92 Å². The molecule has 0 N–H and O–H groups in total. The largest absolute Gasteiger partial charge is 0.494 e. The van der Waals surface area contributed by atoms with Crippen molar-refractivity contribution >= 4 is 0 Å². The van der Waals surface area contributed by atoms with Gasteiger partial charge in [0, 0.05) is 5.56 Å². The van der Waals surface area contributed by atoms with Gasteiger partial charge in [-0.3, -0.25) is 0 Å². The van der Waals surface area contributed by atoms with Gasteiger partial charge in [0.05, 0.1) is 6.61 Å². The molecule has 182 valence electrons. The SMILES string of the molecule is CCCCCCCOc1ccc(-c2ccc(-c3ccc(CCCC(C)CC)cc3)cc2F)cc1. The maximum Gasteiger partial charge on any atom is 0.131 e. The summed E-state index contributed by atoms with van der Waals surface area (Å²) in [5, 5.41) is 0. The van der Waals surface area contributed by atoms with E-state index in [1.165, 1.54) is 50.5 Å². The fourth-order valence-corrected chi connectivity index (χ4v) is 4.28. The first-order chi connectivity index (χ1) is 16.6. The average Bonchev–Trinajstić information content (AvgIpc) is 2.87. The molecule has 0 saturated carbocycles. The van der Waals surface area contributed by atoms with Gasteiger partial charge in [0.15, 0.2) is 0 Å². The predicted octanol–water partition coefficient (Wildman–Crippen LogP) is 9.88. The molecule has 3 rings (SSSR count). The van der Waals surface area contributed by atoms with Crippen LogP contribution in [0.25, 0.3) is 22.3 Å². The zero-order valence-corrected chi connectivity index (χ0v) is 21.3. The van der Waals surface area contributed by atoms with Crippen molar-refractivity contribution in [2.75, 3.05) is 6.61 Å². The molecule has 0 aromatic heterocycles. The lowest BCUT2D eigenvalue weighted by Gasteiger charge is -2.10. The first kappa shape index (κ1) is 26.0. The minimum atomic E-state index is -0.195. The normalized spacial score (nSPS) is 12.0. The lowest BCUT2D eigenvalue weighted by molar-refractivity contribution is 0.304. The molecule has 0 aliphatic carbocycles. The average molecular weight is 461 g/mol. The van der Waals surface area contributed by atoms with Gasteiger partial charge in [-0.05, 0) is 65.6 Å². The maximum atomic E-state index is 15.0. The van der Waals surface area contributed by atoms with Crippen LogP contribution in [0, 0.1) is 11.7 Å². The second kappa shape index (κ2) is 13.9. The van der Waals surface area contributed by atoms with E-state index >= 15 is 0 Å². The molecule has 34 heavy (non-hydrogen) atoms. The first-order valence-corrected chi connectivity index (χ1v) is 13.2. The third kappa shape index (κ3) is 8.01. The van der Waals surface area contributed by atoms with Crippen LogP contribution in [0.4, 0.5) is 4.39 Å². The Morgan fingerprint density at radius 1 is 0.735 bits per heavy atom. The second-order valence-electron chi connectivity index (χ2n) is 9.58. The van der Waals surface area contributed by atoms with E-state index in [0.29, 0.717) is 5.56 Å². The van der Waals surface area contributed by atoms with E-state index in [1.807, 2.05) is 36.4 Å². The van der Waals surface area contributed by atoms with Crippen molar-refractivity contribution in [3.63, 3.8) is 0 Å². The first-order valence-electron chi connectivity index (χ1n) is 13.2. The van der Waals surface area contributed by atoms with Crippen LogP contribution in [0.3, 0.4) is 0 Å². The van der Waals surface area contributed by atoms with Crippen LogP contribution in [0.15, 0.2) is 66.7 Å². The Morgan fingerprint density at radius 2 is 1.41 bits per heavy atom. The van der Waals surface area contributed by atoms with E-state index in [2.05, 4.69) is 45.0 Å². The van der Waals surface area contributed by atoms with Crippen molar-refractivity contribution in [3.8, 4) is 28.0 Å². The number of ether oxygens (including phenoxy) is 1. The van der Waals surface area contributed by atoms with Crippen LogP contribution in [-0.4, -0.2) is 6.61 Å². The molecule has 0 spiro atoms. The molecule has 0 aliphatic heterocycles. The van der Waals surface area contributed by atoms with Crippen molar-refractivity contribution < 1.29 is 9.13 Å². The van der Waals surface area contributed by atoms with E-state index < -0.39 is 0 Å². The number of halogens is 1. The molecule has 0 fully saturated rings. The molecule has 2 heteroatoms. The molecule has 3 aromatic carbocycles. The summed E-state index contributed by atoms with van der Waals surface area (Å²) in [5.74, 6) is 1.45. The monoisotopic (exact) mass is 460 g/mol. The minimum Gasteiger partial charge on any atom is -0.494 e. The number of unbranched alkanes of at least 4 members (excludes halogenated alkanes) is 4. The molecule has 0 aliphatic rings. The Labute approximate surface area is 206 Å². The topological polar surface area (TPSA) is 9.23 Å². The summed E-state index contributed by atoms with van der Waals surface area (Å²) in [6, 6.07) is 21.9. The van der Waals surface area contributed by atoms with Gasteiger partial charge in [-0.2, -0.15) is 0 Å². The lowest BCUT2D eigenvalue weighted by atomic mass is 9.96. The van der Waals surface area contributed by atoms with E-state index in [4.69, 9.17) is 4.74 Å². The van der Waals surface area contributed by atoms with Gasteiger partial charge in [0.25, 0.3) is 0 Å². The van der Waals surface area contributed by atoms with Crippen LogP contribution in [0.1, 0.15) is 77.7 Å². The molecule has 1 atom stereocenters. The van der Waals surface area contributed by atoms with Gasteiger partial charge >= 0.3 is 0 Å². The Balaban J connectivity index is 1.56. The minimum absolute atomic E-state index is 0.195. The second-order valence-corrected chi connectivity index (χ2v) is 9.58. The van der Waals surface area contributed by atoms with Crippen molar-refractivity contribution in [1.29, 1.82) is 0 Å². The molecular weight excluding hydrogens is 419 g/mol. The quantitative estimate of drug-likeness (QED) is 0.217.